The van der Waals surface area contributed by atoms with Crippen molar-refractivity contribution in [1.29, 1.82) is 5.26 Å². The van der Waals surface area contributed by atoms with Crippen LogP contribution in [0.5, 0.6) is 5.75 Å². The van der Waals surface area contributed by atoms with Gasteiger partial charge in [0.1, 0.15) is 10.6 Å². The Morgan fingerprint density at radius 3 is 2.67 bits per heavy atom. The molecule has 0 radical (unpaired) electrons. The fraction of sp³-hybridized carbons (Fsp3) is 0.385. The molecule has 8 heteroatoms. The molecule has 0 saturated carbocycles. The summed E-state index contributed by atoms with van der Waals surface area (Å²) in [6.07, 6.45) is 0.191. The number of carbonyl (C=O) groups excluding carboxylic acids is 1. The minimum absolute atomic E-state index is 0.0611. The second-order valence-corrected chi connectivity index (χ2v) is 6.93. The molecular weight excluding hydrogens is 316 g/mol. The lowest BCUT2D eigenvalue weighted by molar-refractivity contribution is -0.123. The van der Waals surface area contributed by atoms with Gasteiger partial charge in [-0.05, 0) is 31.0 Å². The zero-order chi connectivity index (χ0) is 16.0. The minimum atomic E-state index is -3.97. The van der Waals surface area contributed by atoms with Gasteiger partial charge in [-0.15, -0.1) is 0 Å². The van der Waals surface area contributed by atoms with Crippen LogP contribution in [0.2, 0.25) is 0 Å². The monoisotopic (exact) mass is 330 g/mol. The Balaban J connectivity index is 2.89. The molecule has 114 valence electrons. The number of amides is 1. The Kier molecular flexibility index (Phi) is 6.00. The van der Waals surface area contributed by atoms with Crippen LogP contribution in [0, 0.1) is 25.2 Å². The smallest absolute Gasteiger partial charge is 0.265 e. The number of nitriles is 1. The summed E-state index contributed by atoms with van der Waals surface area (Å²) >= 11 is 0. The number of ether oxygens (including phenoxy) is 1. The zero-order valence-electron chi connectivity index (χ0n) is 11.6. The molecule has 0 atom stereocenters. The number of carbonyl (C=O) groups is 1. The molecule has 1 amide bonds. The number of rotatable bonds is 6. The Morgan fingerprint density at radius 2 is 2.10 bits per heavy atom. The van der Waals surface area contributed by atoms with Gasteiger partial charge in [0.15, 0.2) is 6.61 Å². The van der Waals surface area contributed by atoms with Crippen LogP contribution in [0.4, 0.5) is 0 Å². The van der Waals surface area contributed by atoms with Gasteiger partial charge in [0.25, 0.3) is 15.0 Å². The summed E-state index contributed by atoms with van der Waals surface area (Å²) in [5.74, 6) is -0.380. The molecule has 1 aromatic carbocycles. The highest BCUT2D eigenvalue weighted by Gasteiger charge is 2.20. The molecular formula is C13H15ClN2O4S. The van der Waals surface area contributed by atoms with Crippen LogP contribution < -0.4 is 10.1 Å². The average Bonchev–Trinajstić information content (AvgIpc) is 2.36. The van der Waals surface area contributed by atoms with E-state index in [0.29, 0.717) is 5.56 Å². The second kappa shape index (κ2) is 7.29. The lowest BCUT2D eigenvalue weighted by atomic mass is 10.1. The zero-order valence-corrected chi connectivity index (χ0v) is 13.2. The van der Waals surface area contributed by atoms with Crippen molar-refractivity contribution in [3.63, 3.8) is 0 Å². The largest absolute Gasteiger partial charge is 0.482 e. The van der Waals surface area contributed by atoms with Crippen molar-refractivity contribution in [2.45, 2.75) is 25.2 Å². The fourth-order valence-electron chi connectivity index (χ4n) is 1.73. The molecule has 0 aliphatic carbocycles. The number of nitrogens with zero attached hydrogens (tertiary/aromatic N) is 1. The summed E-state index contributed by atoms with van der Waals surface area (Å²) < 4.78 is 28.4. The molecule has 0 aliphatic heterocycles. The Hall–Kier alpha value is -1.78. The number of halogens is 1. The van der Waals surface area contributed by atoms with Gasteiger partial charge < -0.3 is 10.1 Å². The van der Waals surface area contributed by atoms with E-state index in [1.165, 1.54) is 6.07 Å². The second-order valence-electron chi connectivity index (χ2n) is 4.39. The van der Waals surface area contributed by atoms with Crippen molar-refractivity contribution in [1.82, 2.24) is 5.32 Å². The molecule has 0 saturated heterocycles. The molecule has 0 aromatic heterocycles. The number of hydrogen-bond acceptors (Lipinski definition) is 5. The lowest BCUT2D eigenvalue weighted by Crippen LogP contribution is -2.29. The van der Waals surface area contributed by atoms with Gasteiger partial charge in [-0.3, -0.25) is 4.79 Å². The van der Waals surface area contributed by atoms with Gasteiger partial charge in [0, 0.05) is 17.2 Å². The fourth-order valence-corrected chi connectivity index (χ4v) is 2.84. The topological polar surface area (TPSA) is 96.3 Å². The Morgan fingerprint density at radius 1 is 1.43 bits per heavy atom. The molecule has 1 rings (SSSR count). The molecule has 0 bridgehead atoms. The van der Waals surface area contributed by atoms with Crippen LogP contribution in [0.1, 0.15) is 17.5 Å². The maximum atomic E-state index is 11.6. The van der Waals surface area contributed by atoms with Crippen LogP contribution >= 0.6 is 10.7 Å². The number of aryl methyl sites for hydroxylation is 2. The predicted octanol–water partition coefficient (Wildman–Crippen LogP) is 1.64. The quantitative estimate of drug-likeness (QED) is 0.631. The first-order chi connectivity index (χ1) is 9.75. The number of nitrogens with one attached hydrogen (secondary N) is 1. The van der Waals surface area contributed by atoms with Crippen LogP contribution in [0.3, 0.4) is 0 Å². The van der Waals surface area contributed by atoms with E-state index >= 15 is 0 Å². The highest BCUT2D eigenvalue weighted by molar-refractivity contribution is 8.13. The van der Waals surface area contributed by atoms with Crippen molar-refractivity contribution in [3.05, 3.63) is 23.3 Å². The Bertz CT molecular complexity index is 680. The van der Waals surface area contributed by atoms with E-state index < -0.39 is 15.0 Å². The van der Waals surface area contributed by atoms with Crippen LogP contribution in [0.25, 0.3) is 0 Å². The molecule has 1 aromatic rings. The van der Waals surface area contributed by atoms with Gasteiger partial charge in [0.05, 0.1) is 12.5 Å². The summed E-state index contributed by atoms with van der Waals surface area (Å²) in [4.78, 5) is 11.3. The van der Waals surface area contributed by atoms with E-state index in [-0.39, 0.29) is 30.2 Å². The van der Waals surface area contributed by atoms with E-state index in [0.717, 1.165) is 5.56 Å². The van der Waals surface area contributed by atoms with Crippen molar-refractivity contribution < 1.29 is 17.9 Å². The van der Waals surface area contributed by atoms with E-state index in [1.807, 2.05) is 6.07 Å². The normalized spacial score (nSPS) is 10.8. The molecule has 0 aliphatic rings. The molecule has 0 unspecified atom stereocenters. The minimum Gasteiger partial charge on any atom is -0.482 e. The lowest BCUT2D eigenvalue weighted by Gasteiger charge is -2.13. The van der Waals surface area contributed by atoms with Gasteiger partial charge >= 0.3 is 0 Å². The number of hydrogen-bond donors (Lipinski definition) is 1. The maximum Gasteiger partial charge on any atom is 0.265 e. The van der Waals surface area contributed by atoms with Crippen molar-refractivity contribution in [2.24, 2.45) is 0 Å². The highest BCUT2D eigenvalue weighted by atomic mass is 35.7. The predicted molar refractivity (Wildman–Crippen MR) is 77.7 cm³/mol. The van der Waals surface area contributed by atoms with E-state index in [4.69, 9.17) is 20.7 Å². The molecule has 1 N–H and O–H groups in total. The van der Waals surface area contributed by atoms with Crippen molar-refractivity contribution >= 4 is 25.6 Å². The van der Waals surface area contributed by atoms with Gasteiger partial charge in [-0.25, -0.2) is 8.42 Å². The first kappa shape index (κ1) is 17.3. The van der Waals surface area contributed by atoms with E-state index in [2.05, 4.69) is 5.32 Å². The average molecular weight is 331 g/mol. The molecule has 6 nitrogen and oxygen atoms in total. The van der Waals surface area contributed by atoms with E-state index in [1.54, 1.807) is 19.9 Å². The van der Waals surface area contributed by atoms with Crippen molar-refractivity contribution in [2.75, 3.05) is 13.2 Å². The SMILES string of the molecule is Cc1cc(C)c(OCC(=O)NCCC#N)c(S(=O)(=O)Cl)c1. The van der Waals surface area contributed by atoms with Crippen LogP contribution in [-0.4, -0.2) is 27.5 Å². The molecule has 0 spiro atoms. The summed E-state index contributed by atoms with van der Waals surface area (Å²) in [5.41, 5.74) is 1.29. The van der Waals surface area contributed by atoms with Crippen molar-refractivity contribution in [3.8, 4) is 11.8 Å². The number of benzene rings is 1. The Labute approximate surface area is 128 Å². The van der Waals surface area contributed by atoms with Gasteiger partial charge in [-0.1, -0.05) is 6.07 Å². The summed E-state index contributed by atoms with van der Waals surface area (Å²) in [7, 11) is 1.41. The summed E-state index contributed by atoms with van der Waals surface area (Å²) in [5, 5.41) is 10.8. The first-order valence-corrected chi connectivity index (χ1v) is 8.39. The van der Waals surface area contributed by atoms with Gasteiger partial charge in [0.2, 0.25) is 0 Å². The van der Waals surface area contributed by atoms with E-state index in [9.17, 15) is 13.2 Å². The summed E-state index contributed by atoms with van der Waals surface area (Å²) in [6.45, 7) is 3.26. The molecule has 0 fully saturated rings. The highest BCUT2D eigenvalue weighted by Crippen LogP contribution is 2.31. The van der Waals surface area contributed by atoms with Crippen LogP contribution in [0.15, 0.2) is 17.0 Å². The molecule has 0 heterocycles. The van der Waals surface area contributed by atoms with Gasteiger partial charge in [-0.2, -0.15) is 5.26 Å². The third kappa shape index (κ3) is 5.25. The third-order valence-electron chi connectivity index (χ3n) is 2.55. The third-order valence-corrected chi connectivity index (χ3v) is 3.88. The first-order valence-electron chi connectivity index (χ1n) is 6.08. The maximum absolute atomic E-state index is 11.6. The summed E-state index contributed by atoms with van der Waals surface area (Å²) in [6, 6.07) is 5.01. The molecule has 21 heavy (non-hydrogen) atoms. The van der Waals surface area contributed by atoms with Crippen LogP contribution in [-0.2, 0) is 13.8 Å². The standard InChI is InChI=1S/C13H15ClN2O4S/c1-9-6-10(2)13(11(7-9)21(14,18)19)20-8-12(17)16-5-3-4-15/h6-7H,3,5,8H2,1-2H3,(H,16,17).